The lowest BCUT2D eigenvalue weighted by atomic mass is 9.89. The van der Waals surface area contributed by atoms with E-state index in [1.54, 1.807) is 0 Å². The first-order valence-electron chi connectivity index (χ1n) is 7.10. The number of alkyl halides is 1. The third kappa shape index (κ3) is 4.48. The average molecular weight is 277 g/mol. The second-order valence-corrected chi connectivity index (χ2v) is 5.61. The van der Waals surface area contributed by atoms with Crippen molar-refractivity contribution in [2.75, 3.05) is 5.88 Å². The molecule has 1 aliphatic rings. The van der Waals surface area contributed by atoms with Crippen LogP contribution < -0.4 is 4.74 Å². The van der Waals surface area contributed by atoms with Crippen LogP contribution in [0.3, 0.4) is 0 Å². The van der Waals surface area contributed by atoms with Crippen molar-refractivity contribution in [3.8, 4) is 17.6 Å². The highest BCUT2D eigenvalue weighted by Gasteiger charge is 2.20. The van der Waals surface area contributed by atoms with Crippen LogP contribution in [0.5, 0.6) is 5.75 Å². The van der Waals surface area contributed by atoms with Crippen LogP contribution in [0.15, 0.2) is 24.3 Å². The molecule has 2 rings (SSSR count). The van der Waals surface area contributed by atoms with Gasteiger partial charge < -0.3 is 4.74 Å². The van der Waals surface area contributed by atoms with Crippen molar-refractivity contribution >= 4 is 11.6 Å². The molecule has 0 aliphatic heterocycles. The van der Waals surface area contributed by atoms with Gasteiger partial charge in [-0.25, -0.2) is 0 Å². The van der Waals surface area contributed by atoms with Crippen LogP contribution in [-0.2, 0) is 0 Å². The number of rotatable bonds is 3. The first-order valence-corrected chi connectivity index (χ1v) is 7.63. The fourth-order valence-electron chi connectivity index (χ4n) is 2.40. The number of halogens is 1. The van der Waals surface area contributed by atoms with Gasteiger partial charge in [-0.15, -0.1) is 11.6 Å². The molecule has 1 aliphatic carbocycles. The lowest BCUT2D eigenvalue weighted by Crippen LogP contribution is -2.23. The zero-order valence-electron chi connectivity index (χ0n) is 11.5. The Morgan fingerprint density at radius 3 is 2.68 bits per heavy atom. The van der Waals surface area contributed by atoms with Crippen molar-refractivity contribution in [2.45, 2.75) is 45.1 Å². The lowest BCUT2D eigenvalue weighted by molar-refractivity contribution is 0.135. The van der Waals surface area contributed by atoms with Gasteiger partial charge in [0.1, 0.15) is 5.75 Å². The van der Waals surface area contributed by atoms with Gasteiger partial charge in [-0.05, 0) is 43.7 Å². The highest BCUT2D eigenvalue weighted by Crippen LogP contribution is 2.28. The van der Waals surface area contributed by atoms with Crippen molar-refractivity contribution in [1.82, 2.24) is 0 Å². The topological polar surface area (TPSA) is 9.23 Å². The van der Waals surface area contributed by atoms with E-state index in [2.05, 4.69) is 18.8 Å². The first-order chi connectivity index (χ1) is 9.29. The van der Waals surface area contributed by atoms with E-state index in [9.17, 15) is 0 Å². The van der Waals surface area contributed by atoms with E-state index in [-0.39, 0.29) is 0 Å². The predicted octanol–water partition coefficient (Wildman–Crippen LogP) is 4.62. The summed E-state index contributed by atoms with van der Waals surface area (Å²) in [6, 6.07) is 8.04. The summed E-state index contributed by atoms with van der Waals surface area (Å²) in [6.07, 6.45) is 5.92. The van der Waals surface area contributed by atoms with Gasteiger partial charge in [0.05, 0.1) is 11.7 Å². The van der Waals surface area contributed by atoms with E-state index >= 15 is 0 Å². The molecule has 1 nitrogen and oxygen atoms in total. The summed E-state index contributed by atoms with van der Waals surface area (Å²) in [5, 5.41) is 0. The number of hydrogen-bond donors (Lipinski definition) is 0. The Hall–Kier alpha value is -1.13. The minimum atomic E-state index is 0.354. The third-order valence-corrected chi connectivity index (χ3v) is 3.78. The van der Waals surface area contributed by atoms with Gasteiger partial charge in [0.15, 0.2) is 0 Å². The Bertz CT molecular complexity index is 450. The van der Waals surface area contributed by atoms with Gasteiger partial charge in [-0.1, -0.05) is 30.9 Å². The van der Waals surface area contributed by atoms with Crippen molar-refractivity contribution in [3.05, 3.63) is 29.8 Å². The van der Waals surface area contributed by atoms with Crippen LogP contribution in [-0.4, -0.2) is 12.0 Å². The summed E-state index contributed by atoms with van der Waals surface area (Å²) in [6.45, 7) is 2.32. The molecule has 0 saturated heterocycles. The van der Waals surface area contributed by atoms with E-state index < -0.39 is 0 Å². The van der Waals surface area contributed by atoms with Crippen molar-refractivity contribution in [1.29, 1.82) is 0 Å². The monoisotopic (exact) mass is 276 g/mol. The highest BCUT2D eigenvalue weighted by atomic mass is 35.5. The van der Waals surface area contributed by atoms with Crippen molar-refractivity contribution < 1.29 is 4.74 Å². The summed E-state index contributed by atoms with van der Waals surface area (Å²) in [5.41, 5.74) is 0.978. The second-order valence-electron chi connectivity index (χ2n) is 5.24. The quantitative estimate of drug-likeness (QED) is 0.578. The Balaban J connectivity index is 2.02. The summed E-state index contributed by atoms with van der Waals surface area (Å²) in [4.78, 5) is 0. The number of para-hydroxylation sites is 1. The maximum atomic E-state index is 6.13. The maximum Gasteiger partial charge on any atom is 0.135 e. The summed E-state index contributed by atoms with van der Waals surface area (Å²) in [7, 11) is 0. The number of hydrogen-bond acceptors (Lipinski definition) is 1. The Morgan fingerprint density at radius 1 is 1.21 bits per heavy atom. The molecule has 19 heavy (non-hydrogen) atoms. The van der Waals surface area contributed by atoms with Gasteiger partial charge in [0.25, 0.3) is 0 Å². The molecular weight excluding hydrogens is 256 g/mol. The fraction of sp³-hybridized carbons (Fsp3) is 0.529. The second kappa shape index (κ2) is 7.46. The first kappa shape index (κ1) is 14.3. The fourth-order valence-corrected chi connectivity index (χ4v) is 2.50. The summed E-state index contributed by atoms with van der Waals surface area (Å²) < 4.78 is 6.13. The van der Waals surface area contributed by atoms with Gasteiger partial charge in [0, 0.05) is 12.3 Å². The molecule has 0 spiro atoms. The molecule has 1 saturated carbocycles. The van der Waals surface area contributed by atoms with Gasteiger partial charge in [-0.2, -0.15) is 0 Å². The Kier molecular flexibility index (Phi) is 5.61. The molecule has 1 fully saturated rings. The third-order valence-electron chi connectivity index (χ3n) is 3.59. The molecule has 0 radical (unpaired) electrons. The average Bonchev–Trinajstić information content (AvgIpc) is 2.43. The highest BCUT2D eigenvalue weighted by molar-refractivity contribution is 6.18. The number of ether oxygens (including phenoxy) is 1. The summed E-state index contributed by atoms with van der Waals surface area (Å²) in [5.74, 6) is 8.57. The van der Waals surface area contributed by atoms with Crippen LogP contribution in [0.4, 0.5) is 0 Å². The molecule has 0 unspecified atom stereocenters. The van der Waals surface area contributed by atoms with Crippen LogP contribution in [0, 0.1) is 17.8 Å². The number of benzene rings is 1. The molecule has 1 aromatic carbocycles. The van der Waals surface area contributed by atoms with E-state index in [1.807, 2.05) is 24.3 Å². The minimum absolute atomic E-state index is 0.354. The zero-order valence-corrected chi connectivity index (χ0v) is 12.2. The van der Waals surface area contributed by atoms with E-state index in [0.717, 1.165) is 36.5 Å². The molecule has 102 valence electrons. The molecule has 1 aromatic rings. The van der Waals surface area contributed by atoms with Gasteiger partial charge in [-0.3, -0.25) is 0 Å². The Morgan fingerprint density at radius 2 is 1.95 bits per heavy atom. The van der Waals surface area contributed by atoms with E-state index in [4.69, 9.17) is 16.3 Å². The van der Waals surface area contributed by atoms with Gasteiger partial charge >= 0.3 is 0 Å². The Labute approximate surface area is 121 Å². The van der Waals surface area contributed by atoms with E-state index in [1.165, 1.54) is 12.8 Å². The molecule has 0 heterocycles. The van der Waals surface area contributed by atoms with E-state index in [0.29, 0.717) is 12.0 Å². The molecular formula is C17H21ClO. The van der Waals surface area contributed by atoms with Crippen LogP contribution >= 0.6 is 11.6 Å². The van der Waals surface area contributed by atoms with Crippen molar-refractivity contribution in [3.63, 3.8) is 0 Å². The van der Waals surface area contributed by atoms with Gasteiger partial charge in [0.2, 0.25) is 0 Å². The molecule has 0 atom stereocenters. The zero-order chi connectivity index (χ0) is 13.5. The smallest absolute Gasteiger partial charge is 0.135 e. The molecule has 2 heteroatoms. The molecule has 0 N–H and O–H groups in total. The molecule has 0 amide bonds. The van der Waals surface area contributed by atoms with Crippen LogP contribution in [0.2, 0.25) is 0 Å². The van der Waals surface area contributed by atoms with Crippen molar-refractivity contribution in [2.24, 2.45) is 5.92 Å². The SMILES string of the molecule is CC1CCC(Oc2ccccc2C#CCCCl)CC1. The largest absolute Gasteiger partial charge is 0.489 e. The molecule has 0 bridgehead atoms. The molecule has 0 aromatic heterocycles. The lowest BCUT2D eigenvalue weighted by Gasteiger charge is -2.27. The maximum absolute atomic E-state index is 6.13. The van der Waals surface area contributed by atoms with Crippen LogP contribution in [0.25, 0.3) is 0 Å². The standard InChI is InChI=1S/C17H21ClO/c1-14-9-11-16(12-10-14)19-17-8-3-2-6-15(17)7-4-5-13-18/h2-3,6,8,14,16H,5,9-13H2,1H3. The van der Waals surface area contributed by atoms with Crippen LogP contribution in [0.1, 0.15) is 44.6 Å². The minimum Gasteiger partial charge on any atom is -0.489 e. The normalized spacial score (nSPS) is 22.4. The predicted molar refractivity (Wildman–Crippen MR) is 80.7 cm³/mol. The summed E-state index contributed by atoms with van der Waals surface area (Å²) >= 11 is 5.64.